The molecule has 0 N–H and O–H groups in total. The topological polar surface area (TPSA) is 3.24 Å². The number of benzene rings is 8. The summed E-state index contributed by atoms with van der Waals surface area (Å²) in [6.45, 7) is 9.41. The summed E-state index contributed by atoms with van der Waals surface area (Å²) in [6, 6.07) is 65.8. The van der Waals surface area contributed by atoms with E-state index in [9.17, 15) is 0 Å². The van der Waals surface area contributed by atoms with Crippen LogP contribution in [-0.4, -0.2) is 0 Å². The molecule has 1 nitrogen and oxygen atoms in total. The van der Waals surface area contributed by atoms with Gasteiger partial charge in [-0.05, 0) is 116 Å². The number of anilines is 3. The number of thiophene rings is 1. The Hall–Kier alpha value is -6.22. The van der Waals surface area contributed by atoms with Gasteiger partial charge in [0, 0.05) is 47.9 Å². The van der Waals surface area contributed by atoms with Gasteiger partial charge in [-0.1, -0.05) is 149 Å². The van der Waals surface area contributed by atoms with Crippen LogP contribution < -0.4 is 4.90 Å². The van der Waals surface area contributed by atoms with Crippen LogP contribution in [0, 0.1) is 0 Å². The summed E-state index contributed by atoms with van der Waals surface area (Å²) in [5.41, 5.74) is 19.2. The van der Waals surface area contributed by atoms with Gasteiger partial charge in [-0.3, -0.25) is 0 Å². The molecular formula is C54H41NS. The normalized spacial score (nSPS) is 14.4. The van der Waals surface area contributed by atoms with Crippen LogP contribution in [0.5, 0.6) is 0 Å². The van der Waals surface area contributed by atoms with Crippen molar-refractivity contribution < 1.29 is 0 Å². The van der Waals surface area contributed by atoms with E-state index in [4.69, 9.17) is 0 Å². The highest BCUT2D eigenvalue weighted by atomic mass is 32.1. The molecule has 56 heavy (non-hydrogen) atoms. The van der Waals surface area contributed by atoms with Gasteiger partial charge in [0.05, 0.1) is 5.69 Å². The largest absolute Gasteiger partial charge is 0.310 e. The standard InChI is InChI=1S/C54H41NS/c1-53(2)45-15-8-5-12-40(45)43-32-36(24-30-47(43)53)34-20-26-38(27-21-34)55(49-18-11-17-48-52(49)42-14-6-9-16-46(42)54(48,3)4)39-28-22-35(23-29-39)37-25-31-51-44(33-37)41-13-7-10-19-50(41)56-51/h5-33H,1-4H3. The van der Waals surface area contributed by atoms with Crippen LogP contribution in [0.4, 0.5) is 17.1 Å². The second-order valence-electron chi connectivity index (χ2n) is 16.5. The molecule has 0 bridgehead atoms. The fourth-order valence-electron chi connectivity index (χ4n) is 9.76. The van der Waals surface area contributed by atoms with Crippen molar-refractivity contribution in [3.63, 3.8) is 0 Å². The van der Waals surface area contributed by atoms with E-state index in [2.05, 4.69) is 209 Å². The van der Waals surface area contributed by atoms with E-state index < -0.39 is 0 Å². The van der Waals surface area contributed by atoms with Crippen molar-refractivity contribution in [1.82, 2.24) is 0 Å². The minimum absolute atomic E-state index is 0.00146. The van der Waals surface area contributed by atoms with Gasteiger partial charge in [-0.2, -0.15) is 0 Å². The van der Waals surface area contributed by atoms with Gasteiger partial charge in [0.15, 0.2) is 0 Å². The first kappa shape index (κ1) is 33.1. The Labute approximate surface area is 333 Å². The zero-order chi connectivity index (χ0) is 37.8. The SMILES string of the molecule is CC1(C)c2ccccc2-c2cc(-c3ccc(N(c4ccc(-c5ccc6sc7ccccc7c6c5)cc4)c4cccc5c4-c4ccccc4C5(C)C)cc3)ccc21. The molecule has 0 spiro atoms. The van der Waals surface area contributed by atoms with Crippen LogP contribution in [0.3, 0.4) is 0 Å². The monoisotopic (exact) mass is 735 g/mol. The van der Waals surface area contributed by atoms with Crippen molar-refractivity contribution in [3.8, 4) is 44.5 Å². The predicted molar refractivity (Wildman–Crippen MR) is 240 cm³/mol. The lowest BCUT2D eigenvalue weighted by molar-refractivity contribution is 0.660. The summed E-state index contributed by atoms with van der Waals surface area (Å²) in [5.74, 6) is 0. The summed E-state index contributed by atoms with van der Waals surface area (Å²) in [5, 5.41) is 2.65. The molecule has 0 radical (unpaired) electrons. The molecule has 0 saturated heterocycles. The van der Waals surface area contributed by atoms with Gasteiger partial charge in [-0.15, -0.1) is 11.3 Å². The highest BCUT2D eigenvalue weighted by Crippen LogP contribution is 2.54. The molecule has 0 atom stereocenters. The van der Waals surface area contributed by atoms with E-state index in [1.54, 1.807) is 0 Å². The van der Waals surface area contributed by atoms with Gasteiger partial charge >= 0.3 is 0 Å². The lowest BCUT2D eigenvalue weighted by atomic mass is 9.82. The lowest BCUT2D eigenvalue weighted by Crippen LogP contribution is -2.16. The Morgan fingerprint density at radius 2 is 0.893 bits per heavy atom. The van der Waals surface area contributed by atoms with Crippen molar-refractivity contribution in [2.24, 2.45) is 0 Å². The fraction of sp³-hybridized carbons (Fsp3) is 0.111. The van der Waals surface area contributed by atoms with Crippen LogP contribution in [0.25, 0.3) is 64.7 Å². The van der Waals surface area contributed by atoms with E-state index in [0.717, 1.165) is 11.4 Å². The van der Waals surface area contributed by atoms with Crippen molar-refractivity contribution in [2.45, 2.75) is 38.5 Å². The van der Waals surface area contributed by atoms with Gasteiger partial charge in [0.1, 0.15) is 0 Å². The van der Waals surface area contributed by atoms with Crippen LogP contribution in [0.2, 0.25) is 0 Å². The quantitative estimate of drug-likeness (QED) is 0.170. The van der Waals surface area contributed by atoms with Gasteiger partial charge in [-0.25, -0.2) is 0 Å². The Morgan fingerprint density at radius 1 is 0.375 bits per heavy atom. The molecule has 0 aliphatic heterocycles. The molecule has 0 saturated carbocycles. The van der Waals surface area contributed by atoms with Gasteiger partial charge in [0.2, 0.25) is 0 Å². The minimum Gasteiger partial charge on any atom is -0.310 e. The van der Waals surface area contributed by atoms with Crippen LogP contribution in [0.1, 0.15) is 49.9 Å². The van der Waals surface area contributed by atoms with Crippen LogP contribution in [0.15, 0.2) is 176 Å². The second kappa shape index (κ2) is 12.1. The molecule has 2 aliphatic rings. The molecule has 1 aromatic heterocycles. The first-order valence-corrected chi connectivity index (χ1v) is 20.5. The first-order chi connectivity index (χ1) is 27.3. The Kier molecular flexibility index (Phi) is 7.18. The lowest BCUT2D eigenvalue weighted by Gasteiger charge is -2.29. The number of nitrogens with zero attached hydrogens (tertiary/aromatic N) is 1. The number of fused-ring (bicyclic) bond motifs is 9. The van der Waals surface area contributed by atoms with Crippen molar-refractivity contribution in [3.05, 3.63) is 198 Å². The van der Waals surface area contributed by atoms with Crippen molar-refractivity contribution in [2.75, 3.05) is 4.90 Å². The van der Waals surface area contributed by atoms with E-state index in [-0.39, 0.29) is 10.8 Å². The Balaban J connectivity index is 1.03. The van der Waals surface area contributed by atoms with E-state index in [1.807, 2.05) is 11.3 Å². The Bertz CT molecular complexity index is 3010. The third-order valence-electron chi connectivity index (χ3n) is 12.7. The summed E-state index contributed by atoms with van der Waals surface area (Å²) in [6.07, 6.45) is 0. The molecule has 268 valence electrons. The average molecular weight is 736 g/mol. The molecule has 11 rings (SSSR count). The molecule has 0 fully saturated rings. The van der Waals surface area contributed by atoms with Crippen LogP contribution in [-0.2, 0) is 10.8 Å². The summed E-state index contributed by atoms with van der Waals surface area (Å²) in [4.78, 5) is 2.46. The predicted octanol–water partition coefficient (Wildman–Crippen LogP) is 15.5. The maximum absolute atomic E-state index is 2.46. The van der Waals surface area contributed by atoms with Gasteiger partial charge in [0.25, 0.3) is 0 Å². The molecular weight excluding hydrogens is 695 g/mol. The molecule has 8 aromatic carbocycles. The molecule has 9 aromatic rings. The van der Waals surface area contributed by atoms with Crippen LogP contribution >= 0.6 is 11.3 Å². The highest BCUT2D eigenvalue weighted by Gasteiger charge is 2.38. The third kappa shape index (κ3) is 4.85. The van der Waals surface area contributed by atoms with E-state index >= 15 is 0 Å². The maximum Gasteiger partial charge on any atom is 0.0543 e. The molecule has 2 aliphatic carbocycles. The highest BCUT2D eigenvalue weighted by molar-refractivity contribution is 7.25. The molecule has 2 heteroatoms. The van der Waals surface area contributed by atoms with Crippen molar-refractivity contribution >= 4 is 48.6 Å². The van der Waals surface area contributed by atoms with Gasteiger partial charge < -0.3 is 4.90 Å². The zero-order valence-electron chi connectivity index (χ0n) is 32.1. The number of rotatable bonds is 5. The summed E-state index contributed by atoms with van der Waals surface area (Å²) >= 11 is 1.87. The zero-order valence-corrected chi connectivity index (χ0v) is 32.9. The average Bonchev–Trinajstić information content (AvgIpc) is 3.81. The smallest absolute Gasteiger partial charge is 0.0543 e. The number of hydrogen-bond donors (Lipinski definition) is 0. The maximum atomic E-state index is 2.46. The first-order valence-electron chi connectivity index (χ1n) is 19.7. The van der Waals surface area contributed by atoms with E-state index in [1.165, 1.54) is 92.6 Å². The third-order valence-corrected chi connectivity index (χ3v) is 13.9. The minimum atomic E-state index is -0.0907. The van der Waals surface area contributed by atoms with Crippen molar-refractivity contribution in [1.29, 1.82) is 0 Å². The molecule has 0 unspecified atom stereocenters. The molecule has 0 amide bonds. The summed E-state index contributed by atoms with van der Waals surface area (Å²) in [7, 11) is 0. The number of hydrogen-bond acceptors (Lipinski definition) is 2. The summed E-state index contributed by atoms with van der Waals surface area (Å²) < 4.78 is 2.66. The van der Waals surface area contributed by atoms with E-state index in [0.29, 0.717) is 0 Å². The molecule has 1 heterocycles. The Morgan fingerprint density at radius 3 is 1.62 bits per heavy atom. The second-order valence-corrected chi connectivity index (χ2v) is 17.6. The fourth-order valence-corrected chi connectivity index (χ4v) is 10.8.